The molecule has 0 N–H and O–H groups in total. The Morgan fingerprint density at radius 3 is 2.73 bits per heavy atom. The van der Waals surface area contributed by atoms with Crippen LogP contribution < -0.4 is 4.74 Å². The minimum Gasteiger partial charge on any atom is -0.435 e. The molecule has 0 aliphatic rings. The highest BCUT2D eigenvalue weighted by Crippen LogP contribution is 2.24. The largest absolute Gasteiger partial charge is 0.435 e. The molecule has 0 radical (unpaired) electrons. The second kappa shape index (κ2) is 5.21. The van der Waals surface area contributed by atoms with Crippen LogP contribution in [0.5, 0.6) is 5.75 Å². The molecule has 0 saturated heterocycles. The van der Waals surface area contributed by atoms with E-state index in [2.05, 4.69) is 20.7 Å². The lowest BCUT2D eigenvalue weighted by Crippen LogP contribution is -2.03. The molecular weight excluding hydrogens is 270 g/mol. The average Bonchev–Trinajstić information content (AvgIpc) is 2.09. The molecule has 0 heterocycles. The van der Waals surface area contributed by atoms with E-state index in [-0.39, 0.29) is 18.0 Å². The molecule has 0 atom stereocenters. The number of Topliss-reactive ketones (excluding diaryl/α,β-unsaturated/α-hetero) is 1. The van der Waals surface area contributed by atoms with Gasteiger partial charge in [0.15, 0.2) is 0 Å². The molecule has 1 aromatic rings. The lowest BCUT2D eigenvalue weighted by molar-refractivity contribution is -0.116. The summed E-state index contributed by atoms with van der Waals surface area (Å²) in [7, 11) is 0. The predicted octanol–water partition coefficient (Wildman–Crippen LogP) is 3.18. The van der Waals surface area contributed by atoms with Gasteiger partial charge in [0.1, 0.15) is 11.5 Å². The van der Waals surface area contributed by atoms with E-state index in [1.54, 1.807) is 6.07 Å². The second-order valence-electron chi connectivity index (χ2n) is 3.01. The van der Waals surface area contributed by atoms with Crippen molar-refractivity contribution in [3.05, 3.63) is 28.2 Å². The summed E-state index contributed by atoms with van der Waals surface area (Å²) in [6.07, 6.45) is 0.195. The first kappa shape index (κ1) is 12.1. The fourth-order valence-corrected chi connectivity index (χ4v) is 1.52. The number of carbonyl (C=O) groups is 1. The number of hydrogen-bond acceptors (Lipinski definition) is 2. The second-order valence-corrected chi connectivity index (χ2v) is 3.86. The van der Waals surface area contributed by atoms with Crippen LogP contribution in [0.1, 0.15) is 12.5 Å². The zero-order chi connectivity index (χ0) is 11.4. The first-order chi connectivity index (χ1) is 6.99. The van der Waals surface area contributed by atoms with Crippen LogP contribution in [0.3, 0.4) is 0 Å². The molecule has 0 spiro atoms. The first-order valence-corrected chi connectivity index (χ1v) is 5.01. The van der Waals surface area contributed by atoms with Crippen molar-refractivity contribution in [1.29, 1.82) is 0 Å². The molecule has 5 heteroatoms. The maximum Gasteiger partial charge on any atom is 0.387 e. The van der Waals surface area contributed by atoms with Gasteiger partial charge in [0, 0.05) is 10.9 Å². The van der Waals surface area contributed by atoms with Gasteiger partial charge in [-0.15, -0.1) is 0 Å². The molecule has 1 aromatic carbocycles. The molecule has 0 unspecified atom stereocenters. The van der Waals surface area contributed by atoms with Gasteiger partial charge in [-0.05, 0) is 30.7 Å². The number of halogens is 3. The van der Waals surface area contributed by atoms with Crippen molar-refractivity contribution >= 4 is 21.7 Å². The molecule has 0 amide bonds. The molecule has 82 valence electrons. The summed E-state index contributed by atoms with van der Waals surface area (Å²) < 4.78 is 28.8. The van der Waals surface area contributed by atoms with Crippen LogP contribution in [0.25, 0.3) is 0 Å². The number of carbonyl (C=O) groups excluding carboxylic acids is 1. The summed E-state index contributed by atoms with van der Waals surface area (Å²) in [4.78, 5) is 10.9. The summed E-state index contributed by atoms with van der Waals surface area (Å²) in [6, 6.07) is 4.42. The van der Waals surface area contributed by atoms with Crippen LogP contribution in [0, 0.1) is 0 Å². The average molecular weight is 279 g/mol. The molecular formula is C10H9BrF2O2. The molecule has 0 aliphatic carbocycles. The van der Waals surface area contributed by atoms with Gasteiger partial charge < -0.3 is 4.74 Å². The number of ketones is 1. The lowest BCUT2D eigenvalue weighted by Gasteiger charge is -2.07. The van der Waals surface area contributed by atoms with Gasteiger partial charge >= 0.3 is 6.61 Å². The zero-order valence-corrected chi connectivity index (χ0v) is 9.55. The van der Waals surface area contributed by atoms with Crippen molar-refractivity contribution in [3.8, 4) is 5.75 Å². The Labute approximate surface area is 94.4 Å². The Balaban J connectivity index is 2.89. The van der Waals surface area contributed by atoms with Gasteiger partial charge in [0.05, 0.1) is 0 Å². The van der Waals surface area contributed by atoms with Crippen molar-refractivity contribution in [3.63, 3.8) is 0 Å². The fraction of sp³-hybridized carbons (Fsp3) is 0.300. The summed E-state index contributed by atoms with van der Waals surface area (Å²) in [5, 5.41) is 0. The van der Waals surface area contributed by atoms with E-state index in [9.17, 15) is 13.6 Å². The minimum atomic E-state index is -2.85. The molecule has 0 aromatic heterocycles. The lowest BCUT2D eigenvalue weighted by atomic mass is 10.1. The highest BCUT2D eigenvalue weighted by Gasteiger charge is 2.08. The predicted molar refractivity (Wildman–Crippen MR) is 55.2 cm³/mol. The van der Waals surface area contributed by atoms with E-state index in [1.165, 1.54) is 19.1 Å². The monoisotopic (exact) mass is 278 g/mol. The van der Waals surface area contributed by atoms with Crippen LogP contribution in [0.4, 0.5) is 8.78 Å². The zero-order valence-electron chi connectivity index (χ0n) is 7.97. The summed E-state index contributed by atoms with van der Waals surface area (Å²) in [5.41, 5.74) is 0.639. The highest BCUT2D eigenvalue weighted by atomic mass is 79.9. The number of rotatable bonds is 4. The maximum atomic E-state index is 11.9. The minimum absolute atomic E-state index is 0.0371. The topological polar surface area (TPSA) is 26.3 Å². The Kier molecular flexibility index (Phi) is 4.20. The van der Waals surface area contributed by atoms with Crippen molar-refractivity contribution in [2.75, 3.05) is 0 Å². The van der Waals surface area contributed by atoms with Crippen LogP contribution in [-0.4, -0.2) is 12.4 Å². The van der Waals surface area contributed by atoms with Crippen LogP contribution in [0.15, 0.2) is 22.7 Å². The Hall–Kier alpha value is -0.970. The Morgan fingerprint density at radius 1 is 1.53 bits per heavy atom. The molecule has 0 bridgehead atoms. The van der Waals surface area contributed by atoms with Crippen molar-refractivity contribution in [1.82, 2.24) is 0 Å². The number of alkyl halides is 2. The smallest absolute Gasteiger partial charge is 0.387 e. The normalized spacial score (nSPS) is 10.5. The summed E-state index contributed by atoms with van der Waals surface area (Å²) in [6.45, 7) is -1.41. The fourth-order valence-electron chi connectivity index (χ4n) is 1.13. The van der Waals surface area contributed by atoms with Crippen LogP contribution in [0.2, 0.25) is 0 Å². The van der Waals surface area contributed by atoms with Gasteiger partial charge in [-0.25, -0.2) is 0 Å². The van der Waals surface area contributed by atoms with E-state index >= 15 is 0 Å². The number of ether oxygens (including phenoxy) is 1. The molecule has 0 fully saturated rings. The highest BCUT2D eigenvalue weighted by molar-refractivity contribution is 9.10. The third-order valence-electron chi connectivity index (χ3n) is 1.68. The third-order valence-corrected chi connectivity index (χ3v) is 2.46. The molecule has 0 aliphatic heterocycles. The van der Waals surface area contributed by atoms with Crippen molar-refractivity contribution in [2.45, 2.75) is 20.0 Å². The molecule has 15 heavy (non-hydrogen) atoms. The summed E-state index contributed by atoms with van der Waals surface area (Å²) >= 11 is 3.23. The number of hydrogen-bond donors (Lipinski definition) is 0. The first-order valence-electron chi connectivity index (χ1n) is 4.21. The van der Waals surface area contributed by atoms with Crippen LogP contribution in [-0.2, 0) is 11.2 Å². The maximum absolute atomic E-state index is 11.9. The molecule has 2 nitrogen and oxygen atoms in total. The standard InChI is InChI=1S/C10H9BrF2O2/c1-6(14)4-7-5-8(15-10(12)13)2-3-9(7)11/h2-3,5,10H,4H2,1H3. The van der Waals surface area contributed by atoms with Gasteiger partial charge in [-0.1, -0.05) is 15.9 Å². The molecule has 0 saturated carbocycles. The van der Waals surface area contributed by atoms with E-state index in [1.807, 2.05) is 0 Å². The Morgan fingerprint density at radius 2 is 2.20 bits per heavy atom. The van der Waals surface area contributed by atoms with E-state index in [0.717, 1.165) is 0 Å². The SMILES string of the molecule is CC(=O)Cc1cc(OC(F)F)ccc1Br. The van der Waals surface area contributed by atoms with E-state index < -0.39 is 6.61 Å². The van der Waals surface area contributed by atoms with Gasteiger partial charge in [-0.3, -0.25) is 4.79 Å². The summed E-state index contributed by atoms with van der Waals surface area (Å²) in [5.74, 6) is 0.0225. The van der Waals surface area contributed by atoms with E-state index in [0.29, 0.717) is 10.0 Å². The van der Waals surface area contributed by atoms with Gasteiger partial charge in [0.25, 0.3) is 0 Å². The Bertz CT molecular complexity index is 366. The van der Waals surface area contributed by atoms with Crippen molar-refractivity contribution < 1.29 is 18.3 Å². The number of benzene rings is 1. The van der Waals surface area contributed by atoms with Gasteiger partial charge in [0.2, 0.25) is 0 Å². The molecule has 1 rings (SSSR count). The van der Waals surface area contributed by atoms with E-state index in [4.69, 9.17) is 0 Å². The third kappa shape index (κ3) is 3.95. The quantitative estimate of drug-likeness (QED) is 0.846. The van der Waals surface area contributed by atoms with Crippen molar-refractivity contribution in [2.24, 2.45) is 0 Å². The van der Waals surface area contributed by atoms with Crippen LogP contribution >= 0.6 is 15.9 Å². The van der Waals surface area contributed by atoms with Gasteiger partial charge in [-0.2, -0.15) is 8.78 Å².